The number of aromatic nitrogens is 1. The molecular weight excluding hydrogens is 367 g/mol. The Labute approximate surface area is 161 Å². The Balaban J connectivity index is 1.72. The van der Waals surface area contributed by atoms with E-state index in [1.54, 1.807) is 44.8 Å². The largest absolute Gasteiger partial charge is 0.493 e. The number of hydrogen-bond acceptors (Lipinski definition) is 6. The monoisotopic (exact) mass is 388 g/mol. The van der Waals surface area contributed by atoms with Crippen LogP contribution in [-0.2, 0) is 13.1 Å². The lowest BCUT2D eigenvalue weighted by molar-refractivity contribution is 0.325. The smallest absolute Gasteiger partial charge is 0.203 e. The quantitative estimate of drug-likeness (QED) is 0.625. The molecule has 0 saturated heterocycles. The summed E-state index contributed by atoms with van der Waals surface area (Å²) in [4.78, 5) is 5.46. The Morgan fingerprint density at radius 2 is 1.67 bits per heavy atom. The molecular formula is C20H21FN2O3S. The van der Waals surface area contributed by atoms with Gasteiger partial charge < -0.3 is 19.5 Å². The molecule has 0 unspecified atom stereocenters. The van der Waals surface area contributed by atoms with Crippen molar-refractivity contribution < 1.29 is 18.6 Å². The molecule has 1 aromatic heterocycles. The lowest BCUT2D eigenvalue weighted by Gasteiger charge is -2.14. The summed E-state index contributed by atoms with van der Waals surface area (Å²) in [6.07, 6.45) is 1.82. The fourth-order valence-electron chi connectivity index (χ4n) is 2.73. The number of benzene rings is 2. The summed E-state index contributed by atoms with van der Waals surface area (Å²) in [5.41, 5.74) is 1.92. The van der Waals surface area contributed by atoms with Crippen LogP contribution in [-0.4, -0.2) is 26.3 Å². The number of hydrogen-bond donors (Lipinski definition) is 1. The zero-order valence-corrected chi connectivity index (χ0v) is 16.2. The molecule has 0 atom stereocenters. The van der Waals surface area contributed by atoms with Gasteiger partial charge in [0.2, 0.25) is 5.75 Å². The van der Waals surface area contributed by atoms with Crippen molar-refractivity contribution in [1.29, 1.82) is 0 Å². The molecule has 0 bridgehead atoms. The molecule has 0 aliphatic heterocycles. The summed E-state index contributed by atoms with van der Waals surface area (Å²) in [5.74, 6) is 1.56. The number of thiazole rings is 1. The van der Waals surface area contributed by atoms with E-state index in [1.165, 1.54) is 12.1 Å². The molecule has 27 heavy (non-hydrogen) atoms. The van der Waals surface area contributed by atoms with E-state index in [0.717, 1.165) is 21.0 Å². The van der Waals surface area contributed by atoms with E-state index in [-0.39, 0.29) is 5.82 Å². The normalized spacial score (nSPS) is 10.7. The van der Waals surface area contributed by atoms with Crippen LogP contribution in [0.3, 0.4) is 0 Å². The molecule has 3 aromatic rings. The van der Waals surface area contributed by atoms with Gasteiger partial charge in [-0.15, -0.1) is 11.3 Å². The second kappa shape index (κ2) is 8.83. The highest BCUT2D eigenvalue weighted by molar-refractivity contribution is 7.15. The summed E-state index contributed by atoms with van der Waals surface area (Å²) < 4.78 is 29.3. The Morgan fingerprint density at radius 1 is 0.926 bits per heavy atom. The van der Waals surface area contributed by atoms with E-state index < -0.39 is 0 Å². The molecule has 0 spiro atoms. The van der Waals surface area contributed by atoms with Gasteiger partial charge in [0.1, 0.15) is 10.8 Å². The highest BCUT2D eigenvalue weighted by Gasteiger charge is 2.18. The van der Waals surface area contributed by atoms with E-state index in [1.807, 2.05) is 18.3 Å². The van der Waals surface area contributed by atoms with Crippen molar-refractivity contribution in [3.8, 4) is 27.7 Å². The number of nitrogens with one attached hydrogen (secondary N) is 1. The van der Waals surface area contributed by atoms with Crippen molar-refractivity contribution in [2.75, 3.05) is 21.3 Å². The Kier molecular flexibility index (Phi) is 6.26. The maximum Gasteiger partial charge on any atom is 0.203 e. The predicted octanol–water partition coefficient (Wildman–Crippen LogP) is 4.26. The molecule has 2 aromatic carbocycles. The zero-order chi connectivity index (χ0) is 19.2. The van der Waals surface area contributed by atoms with Gasteiger partial charge in [0.05, 0.1) is 26.2 Å². The number of ether oxygens (including phenoxy) is 3. The molecule has 0 fully saturated rings. The van der Waals surface area contributed by atoms with Crippen LogP contribution < -0.4 is 19.5 Å². The van der Waals surface area contributed by atoms with E-state index >= 15 is 0 Å². The van der Waals surface area contributed by atoms with Crippen LogP contribution in [0.5, 0.6) is 17.2 Å². The first kappa shape index (κ1) is 19.1. The predicted molar refractivity (Wildman–Crippen MR) is 104 cm³/mol. The lowest BCUT2D eigenvalue weighted by Crippen LogP contribution is -2.12. The minimum atomic E-state index is -0.229. The highest BCUT2D eigenvalue weighted by atomic mass is 32.1. The number of rotatable bonds is 8. The van der Waals surface area contributed by atoms with Crippen LogP contribution >= 0.6 is 11.3 Å². The third kappa shape index (κ3) is 4.37. The van der Waals surface area contributed by atoms with Crippen LogP contribution in [0.25, 0.3) is 10.4 Å². The van der Waals surface area contributed by atoms with Gasteiger partial charge in [-0.3, -0.25) is 0 Å². The van der Waals surface area contributed by atoms with Gasteiger partial charge in [-0.2, -0.15) is 0 Å². The van der Waals surface area contributed by atoms with Crippen LogP contribution in [0, 0.1) is 5.82 Å². The van der Waals surface area contributed by atoms with Crippen molar-refractivity contribution in [2.24, 2.45) is 0 Å². The molecule has 0 radical (unpaired) electrons. The molecule has 0 aliphatic carbocycles. The fraction of sp³-hybridized carbons (Fsp3) is 0.250. The molecule has 0 saturated carbocycles. The van der Waals surface area contributed by atoms with Crippen LogP contribution in [0.1, 0.15) is 10.6 Å². The van der Waals surface area contributed by atoms with Crippen LogP contribution in [0.4, 0.5) is 4.39 Å². The standard InChI is InChI=1S/C20H21FN2O3S/c1-24-16-9-8-15(19(25-2)20(16)26-3)17-11-23-18(27-17)12-22-10-13-4-6-14(21)7-5-13/h4-9,11,22H,10,12H2,1-3H3. The average molecular weight is 388 g/mol. The molecule has 0 aliphatic rings. The maximum atomic E-state index is 12.9. The molecule has 5 nitrogen and oxygen atoms in total. The third-order valence-corrected chi connectivity index (χ3v) is 5.07. The minimum Gasteiger partial charge on any atom is -0.493 e. The molecule has 1 heterocycles. The number of nitrogens with zero attached hydrogens (tertiary/aromatic N) is 1. The highest BCUT2D eigenvalue weighted by Crippen LogP contribution is 2.45. The molecule has 0 amide bonds. The zero-order valence-electron chi connectivity index (χ0n) is 15.4. The second-order valence-electron chi connectivity index (χ2n) is 5.73. The number of methoxy groups -OCH3 is 3. The summed E-state index contributed by atoms with van der Waals surface area (Å²) >= 11 is 1.58. The van der Waals surface area contributed by atoms with Gasteiger partial charge in [0.15, 0.2) is 11.5 Å². The lowest BCUT2D eigenvalue weighted by atomic mass is 10.1. The Hall–Kier alpha value is -2.64. The van der Waals surface area contributed by atoms with Gasteiger partial charge in [0, 0.05) is 24.8 Å². The molecule has 142 valence electrons. The first-order chi connectivity index (χ1) is 13.2. The SMILES string of the molecule is COc1ccc(-c2cnc(CNCc3ccc(F)cc3)s2)c(OC)c1OC. The third-order valence-electron chi connectivity index (χ3n) is 4.04. The number of halogens is 1. The van der Waals surface area contributed by atoms with Crippen molar-refractivity contribution >= 4 is 11.3 Å². The van der Waals surface area contributed by atoms with Crippen LogP contribution in [0.2, 0.25) is 0 Å². The molecule has 7 heteroatoms. The van der Waals surface area contributed by atoms with Gasteiger partial charge in [-0.1, -0.05) is 12.1 Å². The fourth-order valence-corrected chi connectivity index (χ4v) is 3.64. The van der Waals surface area contributed by atoms with Crippen molar-refractivity contribution in [3.63, 3.8) is 0 Å². The van der Waals surface area contributed by atoms with Crippen molar-refractivity contribution in [1.82, 2.24) is 10.3 Å². The first-order valence-electron chi connectivity index (χ1n) is 8.35. The van der Waals surface area contributed by atoms with E-state index in [0.29, 0.717) is 30.3 Å². The minimum absolute atomic E-state index is 0.229. The van der Waals surface area contributed by atoms with Crippen molar-refractivity contribution in [3.05, 3.63) is 59.0 Å². The van der Waals surface area contributed by atoms with E-state index in [9.17, 15) is 4.39 Å². The van der Waals surface area contributed by atoms with Crippen molar-refractivity contribution in [2.45, 2.75) is 13.1 Å². The average Bonchev–Trinajstić information content (AvgIpc) is 3.16. The maximum absolute atomic E-state index is 12.9. The summed E-state index contributed by atoms with van der Waals surface area (Å²) in [7, 11) is 4.78. The van der Waals surface area contributed by atoms with Crippen LogP contribution in [0.15, 0.2) is 42.6 Å². The van der Waals surface area contributed by atoms with E-state index in [4.69, 9.17) is 14.2 Å². The van der Waals surface area contributed by atoms with Gasteiger partial charge in [-0.05, 0) is 29.8 Å². The second-order valence-corrected chi connectivity index (χ2v) is 6.85. The first-order valence-corrected chi connectivity index (χ1v) is 9.17. The van der Waals surface area contributed by atoms with E-state index in [2.05, 4.69) is 10.3 Å². The van der Waals surface area contributed by atoms with Gasteiger partial charge in [-0.25, -0.2) is 9.37 Å². The topological polar surface area (TPSA) is 52.6 Å². The Bertz CT molecular complexity index is 897. The summed E-state index contributed by atoms with van der Waals surface area (Å²) in [6.45, 7) is 1.27. The Morgan fingerprint density at radius 3 is 2.33 bits per heavy atom. The molecule has 3 rings (SSSR count). The molecule has 1 N–H and O–H groups in total. The summed E-state index contributed by atoms with van der Waals surface area (Å²) in [6, 6.07) is 10.2. The van der Waals surface area contributed by atoms with Gasteiger partial charge >= 0.3 is 0 Å². The van der Waals surface area contributed by atoms with Gasteiger partial charge in [0.25, 0.3) is 0 Å². The summed E-state index contributed by atoms with van der Waals surface area (Å²) in [5, 5.41) is 4.27.